The summed E-state index contributed by atoms with van der Waals surface area (Å²) in [5.41, 5.74) is -0.105. The van der Waals surface area contributed by atoms with Crippen molar-refractivity contribution < 1.29 is 24.3 Å². The Labute approximate surface area is 111 Å². The van der Waals surface area contributed by atoms with Gasteiger partial charge in [-0.3, -0.25) is 4.79 Å². The minimum Gasteiger partial charge on any atom is -0.477 e. The van der Waals surface area contributed by atoms with E-state index in [-0.39, 0.29) is 24.1 Å². The van der Waals surface area contributed by atoms with Crippen LogP contribution in [0.1, 0.15) is 19.8 Å². The molecule has 106 valence electrons. The number of amides is 1. The van der Waals surface area contributed by atoms with Crippen LogP contribution in [-0.4, -0.2) is 60.0 Å². The van der Waals surface area contributed by atoms with Crippen LogP contribution in [0.25, 0.3) is 0 Å². The number of nitrogens with zero attached hydrogens (tertiary/aromatic N) is 2. The van der Waals surface area contributed by atoms with Crippen LogP contribution in [0.5, 0.6) is 0 Å². The summed E-state index contributed by atoms with van der Waals surface area (Å²) in [4.78, 5) is 29.5. The van der Waals surface area contributed by atoms with Crippen LogP contribution in [0, 0.1) is 5.92 Å². The Kier molecular flexibility index (Phi) is 4.04. The topological polar surface area (TPSA) is 88.4 Å². The average Bonchev–Trinajstić information content (AvgIpc) is 2.88. The van der Waals surface area contributed by atoms with E-state index in [4.69, 9.17) is 14.7 Å². The van der Waals surface area contributed by atoms with E-state index in [2.05, 4.69) is 12.1 Å². The zero-order valence-electron chi connectivity index (χ0n) is 11.0. The van der Waals surface area contributed by atoms with Crippen LogP contribution in [0.4, 0.5) is 0 Å². The number of hydrogen-bond donors (Lipinski definition) is 1. The van der Waals surface area contributed by atoms with Crippen LogP contribution in [-0.2, 0) is 19.2 Å². The molecule has 1 amide bonds. The molecule has 2 aliphatic rings. The summed E-state index contributed by atoms with van der Waals surface area (Å²) in [6.45, 7) is 3.24. The van der Waals surface area contributed by atoms with Crippen molar-refractivity contribution in [3.05, 3.63) is 0 Å². The summed E-state index contributed by atoms with van der Waals surface area (Å²) in [6, 6.07) is 0. The van der Waals surface area contributed by atoms with E-state index in [9.17, 15) is 9.59 Å². The molecule has 1 saturated heterocycles. The zero-order valence-corrected chi connectivity index (χ0v) is 11.0. The summed E-state index contributed by atoms with van der Waals surface area (Å²) in [7, 11) is 1.63. The number of hydrogen-bond acceptors (Lipinski definition) is 5. The molecule has 0 aromatic rings. The van der Waals surface area contributed by atoms with E-state index in [0.29, 0.717) is 19.0 Å². The quantitative estimate of drug-likeness (QED) is 0.785. The molecule has 2 aliphatic heterocycles. The number of methoxy groups -OCH3 is 1. The predicted octanol–water partition coefficient (Wildman–Crippen LogP) is 0.0993. The first-order chi connectivity index (χ1) is 9.02. The molecular formula is C12H18N2O5. The van der Waals surface area contributed by atoms with E-state index < -0.39 is 12.1 Å². The van der Waals surface area contributed by atoms with Crippen molar-refractivity contribution in [2.24, 2.45) is 11.1 Å². The van der Waals surface area contributed by atoms with Gasteiger partial charge in [0.2, 0.25) is 6.10 Å². The molecule has 0 saturated carbocycles. The molecule has 1 fully saturated rings. The highest BCUT2D eigenvalue weighted by Gasteiger charge is 2.37. The van der Waals surface area contributed by atoms with E-state index in [1.54, 1.807) is 12.0 Å². The van der Waals surface area contributed by atoms with Crippen LogP contribution >= 0.6 is 0 Å². The Hall–Kier alpha value is -1.63. The fourth-order valence-electron chi connectivity index (χ4n) is 2.38. The molecule has 7 heteroatoms. The van der Waals surface area contributed by atoms with Crippen LogP contribution in [0.2, 0.25) is 0 Å². The Balaban J connectivity index is 1.93. The van der Waals surface area contributed by atoms with Crippen LogP contribution in [0.3, 0.4) is 0 Å². The number of aliphatic carboxylic acids is 1. The van der Waals surface area contributed by atoms with Gasteiger partial charge in [-0.25, -0.2) is 4.79 Å². The van der Waals surface area contributed by atoms with Gasteiger partial charge in [-0.1, -0.05) is 12.1 Å². The molecule has 3 atom stereocenters. The molecule has 2 rings (SSSR count). The maximum atomic E-state index is 12.2. The Bertz CT molecular complexity index is 409. The first kappa shape index (κ1) is 13.8. The van der Waals surface area contributed by atoms with Gasteiger partial charge in [0.25, 0.3) is 5.91 Å². The molecular weight excluding hydrogens is 252 g/mol. The lowest BCUT2D eigenvalue weighted by atomic mass is 9.95. The van der Waals surface area contributed by atoms with Gasteiger partial charge in [0.15, 0.2) is 5.71 Å². The van der Waals surface area contributed by atoms with Gasteiger partial charge in [0.05, 0.1) is 6.10 Å². The molecule has 7 nitrogen and oxygen atoms in total. The highest BCUT2D eigenvalue weighted by atomic mass is 16.6. The number of rotatable bonds is 3. The lowest BCUT2D eigenvalue weighted by Crippen LogP contribution is -2.50. The molecule has 0 aromatic carbocycles. The van der Waals surface area contributed by atoms with Gasteiger partial charge < -0.3 is 19.6 Å². The summed E-state index contributed by atoms with van der Waals surface area (Å²) in [6.07, 6.45) is 0.0950. The highest BCUT2D eigenvalue weighted by Crippen LogP contribution is 2.22. The number of piperidine rings is 1. The average molecular weight is 270 g/mol. The molecule has 0 aliphatic carbocycles. The fraction of sp³-hybridized carbons (Fsp3) is 0.750. The van der Waals surface area contributed by atoms with Crippen LogP contribution < -0.4 is 0 Å². The van der Waals surface area contributed by atoms with Crippen molar-refractivity contribution in [3.63, 3.8) is 0 Å². The smallest absolute Gasteiger partial charge is 0.353 e. The van der Waals surface area contributed by atoms with Crippen molar-refractivity contribution >= 4 is 17.6 Å². The Morgan fingerprint density at radius 1 is 1.53 bits per heavy atom. The molecule has 19 heavy (non-hydrogen) atoms. The number of oxime groups is 1. The number of ether oxygens (including phenoxy) is 1. The third-order valence-electron chi connectivity index (χ3n) is 3.69. The third-order valence-corrected chi connectivity index (χ3v) is 3.69. The van der Waals surface area contributed by atoms with Gasteiger partial charge in [-0.15, -0.1) is 0 Å². The van der Waals surface area contributed by atoms with Gasteiger partial charge in [-0.05, 0) is 12.3 Å². The molecule has 3 unspecified atom stereocenters. The molecule has 0 spiro atoms. The number of carbonyl (C=O) groups excluding carboxylic acids is 1. The first-order valence-corrected chi connectivity index (χ1v) is 6.30. The van der Waals surface area contributed by atoms with E-state index in [1.165, 1.54) is 0 Å². The van der Waals surface area contributed by atoms with Gasteiger partial charge in [0.1, 0.15) is 0 Å². The Morgan fingerprint density at radius 3 is 2.84 bits per heavy atom. The first-order valence-electron chi connectivity index (χ1n) is 6.30. The van der Waals surface area contributed by atoms with Crippen molar-refractivity contribution in [3.8, 4) is 0 Å². The molecule has 0 bridgehead atoms. The summed E-state index contributed by atoms with van der Waals surface area (Å²) in [5, 5.41) is 12.2. The van der Waals surface area contributed by atoms with Gasteiger partial charge in [0, 0.05) is 26.6 Å². The maximum Gasteiger partial charge on any atom is 0.353 e. The fourth-order valence-corrected chi connectivity index (χ4v) is 2.38. The lowest BCUT2D eigenvalue weighted by Gasteiger charge is -2.36. The standard InChI is InChI=1S/C12H18N2O5/c1-7-3-4-14(6-10(7)18-2)11(15)9-5-8(12(16)17)13-19-9/h7,9-10H,3-6H2,1-2H3,(H,16,17). The minimum atomic E-state index is -1.14. The van der Waals surface area contributed by atoms with E-state index in [0.717, 1.165) is 6.42 Å². The third kappa shape index (κ3) is 2.86. The molecule has 1 N–H and O–H groups in total. The molecule has 0 radical (unpaired) electrons. The van der Waals surface area contributed by atoms with Crippen molar-refractivity contribution in [1.82, 2.24) is 4.90 Å². The van der Waals surface area contributed by atoms with Gasteiger partial charge in [-0.2, -0.15) is 0 Å². The van der Waals surface area contributed by atoms with Gasteiger partial charge >= 0.3 is 5.97 Å². The number of likely N-dealkylation sites (tertiary alicyclic amines) is 1. The van der Waals surface area contributed by atoms with E-state index in [1.807, 2.05) is 0 Å². The normalized spacial score (nSPS) is 30.7. The van der Waals surface area contributed by atoms with Crippen molar-refractivity contribution in [2.45, 2.75) is 32.0 Å². The predicted molar refractivity (Wildman–Crippen MR) is 65.7 cm³/mol. The monoisotopic (exact) mass is 270 g/mol. The van der Waals surface area contributed by atoms with Crippen LogP contribution in [0.15, 0.2) is 5.16 Å². The van der Waals surface area contributed by atoms with Crippen molar-refractivity contribution in [2.75, 3.05) is 20.2 Å². The number of carbonyl (C=O) groups is 2. The number of carboxylic acids is 1. The molecule has 0 aromatic heterocycles. The Morgan fingerprint density at radius 2 is 2.26 bits per heavy atom. The zero-order chi connectivity index (χ0) is 14.0. The SMILES string of the molecule is COC1CN(C(=O)C2CC(C(=O)O)=NO2)CCC1C. The largest absolute Gasteiger partial charge is 0.477 e. The number of carboxylic acid groups (broad SMARTS) is 1. The summed E-state index contributed by atoms with van der Waals surface area (Å²) in [5.74, 6) is -0.948. The second-order valence-corrected chi connectivity index (χ2v) is 4.97. The summed E-state index contributed by atoms with van der Waals surface area (Å²) < 4.78 is 5.35. The lowest BCUT2D eigenvalue weighted by molar-refractivity contribution is -0.147. The highest BCUT2D eigenvalue weighted by molar-refractivity contribution is 6.36. The summed E-state index contributed by atoms with van der Waals surface area (Å²) >= 11 is 0. The maximum absolute atomic E-state index is 12.2. The molecule has 2 heterocycles. The van der Waals surface area contributed by atoms with E-state index >= 15 is 0 Å². The second-order valence-electron chi connectivity index (χ2n) is 4.97. The second kappa shape index (κ2) is 5.56. The minimum absolute atomic E-state index is 0.0129. The van der Waals surface area contributed by atoms with Crippen molar-refractivity contribution in [1.29, 1.82) is 0 Å².